The van der Waals surface area contributed by atoms with Crippen LogP contribution in [0.4, 0.5) is 0 Å². The summed E-state index contributed by atoms with van der Waals surface area (Å²) < 4.78 is 0. The molecule has 3 aliphatic carbocycles. The van der Waals surface area contributed by atoms with E-state index in [1.165, 1.54) is 0 Å². The van der Waals surface area contributed by atoms with Gasteiger partial charge < -0.3 is 25.9 Å². The molecule has 1 unspecified atom stereocenters. The largest absolute Gasteiger partial charge is 0.473 e. The molecule has 0 heterocycles. The van der Waals surface area contributed by atoms with Crippen LogP contribution in [0.2, 0.25) is 0 Å². The third kappa shape index (κ3) is 6.12. The van der Waals surface area contributed by atoms with Crippen molar-refractivity contribution in [1.82, 2.24) is 0 Å². The molecule has 0 aliphatic heterocycles. The molecule has 9 nitrogen and oxygen atoms in total. The summed E-state index contributed by atoms with van der Waals surface area (Å²) >= 11 is 0. The van der Waals surface area contributed by atoms with E-state index in [-0.39, 0.29) is 28.8 Å². The van der Waals surface area contributed by atoms with Gasteiger partial charge in [0.05, 0.1) is 6.10 Å². The molecule has 0 aromatic rings. The fraction of sp³-hybridized carbons (Fsp3) is 0.833. The molecule has 188 valence electrons. The summed E-state index contributed by atoms with van der Waals surface area (Å²) in [6, 6.07) is 0. The van der Waals surface area contributed by atoms with Crippen molar-refractivity contribution in [3.05, 3.63) is 0 Å². The molecule has 7 atom stereocenters. The third-order valence-corrected chi connectivity index (χ3v) is 8.25. The highest BCUT2D eigenvalue weighted by atomic mass is 16.6. The minimum Gasteiger partial charge on any atom is -0.473 e. The Morgan fingerprint density at radius 1 is 1.21 bits per heavy atom. The molecule has 5 N–H and O–H groups in total. The molecular formula is C24H40N2O7. The van der Waals surface area contributed by atoms with Crippen LogP contribution in [0.5, 0.6) is 0 Å². The van der Waals surface area contributed by atoms with E-state index >= 15 is 0 Å². The van der Waals surface area contributed by atoms with Gasteiger partial charge in [0.15, 0.2) is 0 Å². The highest BCUT2D eigenvalue weighted by molar-refractivity contribution is 6.27. The lowest BCUT2D eigenvalue weighted by Gasteiger charge is -2.58. The average Bonchev–Trinajstić information content (AvgIpc) is 2.75. The lowest BCUT2D eigenvalue weighted by atomic mass is 9.45. The summed E-state index contributed by atoms with van der Waals surface area (Å²) in [4.78, 5) is 36.7. The highest BCUT2D eigenvalue weighted by Crippen LogP contribution is 2.61. The summed E-state index contributed by atoms with van der Waals surface area (Å²) in [7, 11) is 0. The lowest BCUT2D eigenvalue weighted by molar-refractivity contribution is -0.159. The van der Waals surface area contributed by atoms with E-state index in [1.807, 2.05) is 0 Å². The van der Waals surface area contributed by atoms with Crippen molar-refractivity contribution in [3.8, 4) is 0 Å². The zero-order valence-corrected chi connectivity index (χ0v) is 20.0. The van der Waals surface area contributed by atoms with E-state index in [2.05, 4.69) is 25.9 Å². The number of fused-ring (bicyclic) bond motifs is 3. The van der Waals surface area contributed by atoms with Gasteiger partial charge in [0.2, 0.25) is 0 Å². The third-order valence-electron chi connectivity index (χ3n) is 8.25. The predicted molar refractivity (Wildman–Crippen MR) is 123 cm³/mol. The Morgan fingerprint density at radius 3 is 2.45 bits per heavy atom. The van der Waals surface area contributed by atoms with E-state index in [9.17, 15) is 9.90 Å². The first-order valence-corrected chi connectivity index (χ1v) is 12.0. The molecule has 0 bridgehead atoms. The van der Waals surface area contributed by atoms with Crippen molar-refractivity contribution in [2.24, 2.45) is 45.4 Å². The minimum absolute atomic E-state index is 0.00169. The van der Waals surface area contributed by atoms with Crippen LogP contribution in [-0.4, -0.2) is 58.5 Å². The second-order valence-corrected chi connectivity index (χ2v) is 10.4. The van der Waals surface area contributed by atoms with Gasteiger partial charge in [-0.05, 0) is 62.2 Å². The van der Waals surface area contributed by atoms with Gasteiger partial charge in [-0.3, -0.25) is 4.79 Å². The molecule has 3 saturated carbocycles. The van der Waals surface area contributed by atoms with Gasteiger partial charge >= 0.3 is 11.9 Å². The lowest BCUT2D eigenvalue weighted by Crippen LogP contribution is -2.56. The maximum absolute atomic E-state index is 13.4. The van der Waals surface area contributed by atoms with Crippen molar-refractivity contribution >= 4 is 23.9 Å². The Balaban J connectivity index is 0.000000569. The van der Waals surface area contributed by atoms with Crippen LogP contribution in [0.1, 0.15) is 72.1 Å². The van der Waals surface area contributed by atoms with Crippen molar-refractivity contribution in [2.45, 2.75) is 78.2 Å². The van der Waals surface area contributed by atoms with Crippen molar-refractivity contribution in [2.75, 3.05) is 13.2 Å². The van der Waals surface area contributed by atoms with Crippen LogP contribution < -0.4 is 5.73 Å². The number of nitrogens with zero attached hydrogens (tertiary/aromatic N) is 1. The van der Waals surface area contributed by atoms with Crippen molar-refractivity contribution < 1.29 is 34.5 Å². The number of carboxylic acids is 2. The molecule has 0 amide bonds. The van der Waals surface area contributed by atoms with Crippen molar-refractivity contribution in [3.63, 3.8) is 0 Å². The quantitative estimate of drug-likeness (QED) is 0.200. The number of ketones is 1. The summed E-state index contributed by atoms with van der Waals surface area (Å²) in [6.45, 7) is 7.58. The number of carboxylic acid groups (broad SMARTS) is 2. The number of rotatable bonds is 6. The number of Topliss-reactive ketones (excluding diaryl/α,β-unsaturated/α-hetero) is 1. The minimum atomic E-state index is -1.82. The molecule has 33 heavy (non-hydrogen) atoms. The number of hydrogen-bond donors (Lipinski definition) is 4. The summed E-state index contributed by atoms with van der Waals surface area (Å²) in [5, 5.41) is 29.5. The van der Waals surface area contributed by atoms with E-state index in [0.29, 0.717) is 30.8 Å². The van der Waals surface area contributed by atoms with E-state index in [4.69, 9.17) is 30.4 Å². The Kier molecular flexibility index (Phi) is 9.43. The molecule has 0 radical (unpaired) electrons. The molecule has 3 fully saturated rings. The van der Waals surface area contributed by atoms with Crippen LogP contribution in [0.25, 0.3) is 0 Å². The monoisotopic (exact) mass is 468 g/mol. The topological polar surface area (TPSA) is 160 Å². The summed E-state index contributed by atoms with van der Waals surface area (Å²) in [5.74, 6) is -1.97. The van der Waals surface area contributed by atoms with Crippen LogP contribution in [0, 0.1) is 34.5 Å². The average molecular weight is 469 g/mol. The number of carbonyl (C=O) groups is 3. The fourth-order valence-corrected chi connectivity index (χ4v) is 6.56. The van der Waals surface area contributed by atoms with Gasteiger partial charge in [0.25, 0.3) is 0 Å². The normalized spacial score (nSPS) is 38.0. The molecule has 0 spiro atoms. The Labute approximate surface area is 195 Å². The second kappa shape index (κ2) is 11.4. The van der Waals surface area contributed by atoms with Crippen LogP contribution in [-0.2, 0) is 19.2 Å². The first-order chi connectivity index (χ1) is 15.5. The first-order valence-electron chi connectivity index (χ1n) is 12.0. The Bertz CT molecular complexity index is 730. The van der Waals surface area contributed by atoms with Crippen LogP contribution >= 0.6 is 0 Å². The SMILES string of the molecule is CCC[C@@]1(C)CC[C@H]2[C@@H](CC[C@@H]3C[C@@H](O)C(/C=N\OCCN)C[C@@]32C)C1=O.O=C(O)C(=O)O. The van der Waals surface area contributed by atoms with Crippen LogP contribution in [0.15, 0.2) is 5.16 Å². The number of aliphatic hydroxyl groups excluding tert-OH is 1. The molecule has 0 saturated heterocycles. The number of oxime groups is 1. The standard InChI is InChI=1S/C22H38N2O3.C2H2O4/c1-4-8-21(2)9-7-18-17(20(21)26)6-5-16-12-19(25)15(13-22(16,18)3)14-24-27-11-10-23;3-1(4)2(5)6/h14-19,25H,4-13,23H2,1-3H3;(H,3,4)(H,5,6)/b24-14-;/t15?,16-,17-,18+,19-,21+,22+;/m1./s1. The zero-order chi connectivity index (χ0) is 24.8. The summed E-state index contributed by atoms with van der Waals surface area (Å²) in [5.41, 5.74) is 5.42. The molecule has 0 aromatic heterocycles. The molecular weight excluding hydrogens is 428 g/mol. The molecule has 3 rings (SSSR count). The summed E-state index contributed by atoms with van der Waals surface area (Å²) in [6.07, 6.45) is 9.44. The van der Waals surface area contributed by atoms with Gasteiger partial charge in [-0.15, -0.1) is 0 Å². The number of aliphatic carboxylic acids is 2. The van der Waals surface area contributed by atoms with Gasteiger partial charge in [0, 0.05) is 30.0 Å². The Morgan fingerprint density at radius 2 is 1.88 bits per heavy atom. The number of hydrogen-bond acceptors (Lipinski definition) is 7. The number of carbonyl (C=O) groups excluding carboxylic acids is 1. The maximum Gasteiger partial charge on any atom is 0.414 e. The van der Waals surface area contributed by atoms with Gasteiger partial charge in [0.1, 0.15) is 12.4 Å². The zero-order valence-electron chi connectivity index (χ0n) is 20.0. The van der Waals surface area contributed by atoms with E-state index in [0.717, 1.165) is 51.4 Å². The molecule has 3 aliphatic rings. The maximum atomic E-state index is 13.4. The predicted octanol–water partition coefficient (Wildman–Crippen LogP) is 2.69. The highest BCUT2D eigenvalue weighted by Gasteiger charge is 2.57. The fourth-order valence-electron chi connectivity index (χ4n) is 6.56. The number of nitrogens with two attached hydrogens (primary N) is 1. The van der Waals surface area contributed by atoms with Gasteiger partial charge in [-0.1, -0.05) is 32.3 Å². The van der Waals surface area contributed by atoms with Gasteiger partial charge in [-0.25, -0.2) is 9.59 Å². The smallest absolute Gasteiger partial charge is 0.414 e. The first kappa shape index (κ1) is 27.2. The van der Waals surface area contributed by atoms with E-state index in [1.54, 1.807) is 6.21 Å². The number of aliphatic hydroxyl groups is 1. The van der Waals surface area contributed by atoms with Crippen molar-refractivity contribution in [1.29, 1.82) is 0 Å². The van der Waals surface area contributed by atoms with Crippen LogP contribution in [0.3, 0.4) is 0 Å². The Hall–Kier alpha value is -2.00. The van der Waals surface area contributed by atoms with E-state index < -0.39 is 11.9 Å². The van der Waals surface area contributed by atoms with Gasteiger partial charge in [-0.2, -0.15) is 0 Å². The molecule has 0 aromatic carbocycles. The molecule has 9 heteroatoms. The second-order valence-electron chi connectivity index (χ2n) is 10.4.